The van der Waals surface area contributed by atoms with Crippen LogP contribution in [0.25, 0.3) is 0 Å². The van der Waals surface area contributed by atoms with E-state index in [4.69, 9.17) is 5.73 Å². The number of likely N-dealkylation sites (tertiary alicyclic amines) is 1. The molecule has 0 radical (unpaired) electrons. The maximum Gasteiger partial charge on any atom is 0.326 e. The van der Waals surface area contributed by atoms with Crippen LogP contribution >= 0.6 is 24.4 Å². The highest BCUT2D eigenvalue weighted by Gasteiger charge is 2.38. The SMILES string of the molecule is CSCCC(N)C(=O)NC(CS)C(=O)N1CCCC1C(=O)NC(Cc1ccccc1)C(=O)O. The first kappa shape index (κ1) is 27.0. The van der Waals surface area contributed by atoms with Crippen molar-refractivity contribution in [1.29, 1.82) is 0 Å². The van der Waals surface area contributed by atoms with Crippen molar-refractivity contribution >= 4 is 48.1 Å². The zero-order valence-electron chi connectivity index (χ0n) is 18.6. The Kier molecular flexibility index (Phi) is 11.0. The molecule has 4 unspecified atom stereocenters. The second-order valence-corrected chi connectivity index (χ2v) is 9.26. The van der Waals surface area contributed by atoms with Crippen molar-refractivity contribution < 1.29 is 24.3 Å². The third kappa shape index (κ3) is 7.94. The molecule has 1 aromatic carbocycles. The molecule has 4 atom stereocenters. The Hall–Kier alpha value is -2.24. The van der Waals surface area contributed by atoms with Crippen LogP contribution in [0.5, 0.6) is 0 Å². The van der Waals surface area contributed by atoms with Gasteiger partial charge < -0.3 is 26.4 Å². The number of rotatable bonds is 12. The molecule has 0 spiro atoms. The van der Waals surface area contributed by atoms with E-state index in [1.54, 1.807) is 36.0 Å². The predicted molar refractivity (Wildman–Crippen MR) is 131 cm³/mol. The largest absolute Gasteiger partial charge is 0.480 e. The zero-order valence-corrected chi connectivity index (χ0v) is 20.3. The Labute approximate surface area is 203 Å². The van der Waals surface area contributed by atoms with Crippen molar-refractivity contribution in [2.75, 3.05) is 24.3 Å². The van der Waals surface area contributed by atoms with Gasteiger partial charge in [0.15, 0.2) is 0 Å². The molecule has 1 saturated heterocycles. The van der Waals surface area contributed by atoms with Crippen LogP contribution in [0, 0.1) is 0 Å². The third-order valence-electron chi connectivity index (χ3n) is 5.50. The Balaban J connectivity index is 2.03. The number of nitrogens with one attached hydrogen (secondary N) is 2. The van der Waals surface area contributed by atoms with Crippen molar-refractivity contribution in [2.24, 2.45) is 5.73 Å². The average Bonchev–Trinajstić information content (AvgIpc) is 3.30. The zero-order chi connectivity index (χ0) is 24.4. The van der Waals surface area contributed by atoms with Gasteiger partial charge in [-0.1, -0.05) is 30.3 Å². The van der Waals surface area contributed by atoms with E-state index in [1.165, 1.54) is 4.90 Å². The summed E-state index contributed by atoms with van der Waals surface area (Å²) in [5.41, 5.74) is 6.66. The van der Waals surface area contributed by atoms with Crippen LogP contribution in [-0.2, 0) is 25.6 Å². The topological polar surface area (TPSA) is 142 Å². The van der Waals surface area contributed by atoms with Crippen LogP contribution in [0.2, 0.25) is 0 Å². The van der Waals surface area contributed by atoms with Gasteiger partial charge in [-0.2, -0.15) is 24.4 Å². The summed E-state index contributed by atoms with van der Waals surface area (Å²) in [7, 11) is 0. The van der Waals surface area contributed by atoms with Crippen molar-refractivity contribution in [2.45, 2.75) is 49.9 Å². The molecule has 5 N–H and O–H groups in total. The molecular weight excluding hydrogens is 464 g/mol. The molecule has 1 fully saturated rings. The number of aliphatic carboxylic acids is 1. The lowest BCUT2D eigenvalue weighted by Crippen LogP contribution is -2.57. The molecule has 3 amide bonds. The van der Waals surface area contributed by atoms with Gasteiger partial charge >= 0.3 is 5.97 Å². The van der Waals surface area contributed by atoms with Gasteiger partial charge in [-0.25, -0.2) is 4.79 Å². The molecule has 182 valence electrons. The first-order valence-electron chi connectivity index (χ1n) is 10.8. The monoisotopic (exact) mass is 496 g/mol. The number of carbonyl (C=O) groups excluding carboxylic acids is 3. The molecule has 0 aromatic heterocycles. The van der Waals surface area contributed by atoms with Gasteiger partial charge in [0, 0.05) is 18.7 Å². The lowest BCUT2D eigenvalue weighted by Gasteiger charge is -2.29. The molecule has 11 heteroatoms. The van der Waals surface area contributed by atoms with Crippen LogP contribution in [0.3, 0.4) is 0 Å². The summed E-state index contributed by atoms with van der Waals surface area (Å²) in [6, 6.07) is 5.42. The third-order valence-corrected chi connectivity index (χ3v) is 6.51. The van der Waals surface area contributed by atoms with Crippen molar-refractivity contribution in [3.63, 3.8) is 0 Å². The first-order chi connectivity index (χ1) is 15.8. The van der Waals surface area contributed by atoms with E-state index in [0.29, 0.717) is 25.8 Å². The number of hydrogen-bond acceptors (Lipinski definition) is 7. The van der Waals surface area contributed by atoms with E-state index in [9.17, 15) is 24.3 Å². The molecule has 1 aliphatic heterocycles. The minimum atomic E-state index is -1.15. The number of benzene rings is 1. The van der Waals surface area contributed by atoms with E-state index in [1.807, 2.05) is 12.3 Å². The second kappa shape index (κ2) is 13.5. The molecule has 1 aromatic rings. The fourth-order valence-corrected chi connectivity index (χ4v) is 4.40. The summed E-state index contributed by atoms with van der Waals surface area (Å²) in [5.74, 6) is -1.77. The number of nitrogens with zero attached hydrogens (tertiary/aromatic N) is 1. The summed E-state index contributed by atoms with van der Waals surface area (Å²) in [4.78, 5) is 51.5. The Morgan fingerprint density at radius 1 is 1.21 bits per heavy atom. The number of hydrogen-bond donors (Lipinski definition) is 5. The minimum Gasteiger partial charge on any atom is -0.480 e. The lowest BCUT2D eigenvalue weighted by atomic mass is 10.1. The summed E-state index contributed by atoms with van der Waals surface area (Å²) in [5, 5.41) is 14.8. The fraction of sp³-hybridized carbons (Fsp3) is 0.545. The van der Waals surface area contributed by atoms with Crippen LogP contribution in [0.15, 0.2) is 30.3 Å². The normalized spacial score (nSPS) is 18.3. The van der Waals surface area contributed by atoms with Gasteiger partial charge in [-0.15, -0.1) is 0 Å². The van der Waals surface area contributed by atoms with Gasteiger partial charge in [-0.3, -0.25) is 14.4 Å². The van der Waals surface area contributed by atoms with Crippen LogP contribution < -0.4 is 16.4 Å². The highest BCUT2D eigenvalue weighted by Crippen LogP contribution is 2.19. The number of carbonyl (C=O) groups is 4. The number of carboxylic acid groups (broad SMARTS) is 1. The van der Waals surface area contributed by atoms with Crippen LogP contribution in [0.1, 0.15) is 24.8 Å². The summed E-state index contributed by atoms with van der Waals surface area (Å²) in [6.45, 7) is 0.339. The number of nitrogens with two attached hydrogens (primary N) is 1. The summed E-state index contributed by atoms with van der Waals surface area (Å²) < 4.78 is 0. The molecule has 9 nitrogen and oxygen atoms in total. The van der Waals surface area contributed by atoms with E-state index in [0.717, 1.165) is 11.3 Å². The van der Waals surface area contributed by atoms with E-state index in [2.05, 4.69) is 23.3 Å². The van der Waals surface area contributed by atoms with Crippen molar-refractivity contribution in [3.05, 3.63) is 35.9 Å². The highest BCUT2D eigenvalue weighted by molar-refractivity contribution is 7.98. The predicted octanol–water partition coefficient (Wildman–Crippen LogP) is 0.285. The maximum absolute atomic E-state index is 13.1. The molecule has 1 heterocycles. The first-order valence-corrected chi connectivity index (χ1v) is 12.8. The molecule has 0 aliphatic carbocycles. The molecule has 1 aliphatic rings. The molecule has 33 heavy (non-hydrogen) atoms. The molecule has 0 saturated carbocycles. The quantitative estimate of drug-likeness (QED) is 0.262. The number of thiol groups is 1. The highest BCUT2D eigenvalue weighted by atomic mass is 32.2. The van der Waals surface area contributed by atoms with Gasteiger partial charge in [0.25, 0.3) is 0 Å². The molecular formula is C22H32N4O5S2. The van der Waals surface area contributed by atoms with Gasteiger partial charge in [0.2, 0.25) is 17.7 Å². The Morgan fingerprint density at radius 2 is 1.91 bits per heavy atom. The second-order valence-electron chi connectivity index (χ2n) is 7.91. The number of carboxylic acids is 1. The lowest BCUT2D eigenvalue weighted by molar-refractivity contribution is -0.144. The average molecular weight is 497 g/mol. The fourth-order valence-electron chi connectivity index (χ4n) is 3.66. The Bertz CT molecular complexity index is 826. The maximum atomic E-state index is 13.1. The minimum absolute atomic E-state index is 0.0520. The van der Waals surface area contributed by atoms with E-state index >= 15 is 0 Å². The van der Waals surface area contributed by atoms with Crippen LogP contribution in [0.4, 0.5) is 0 Å². The summed E-state index contributed by atoms with van der Waals surface area (Å²) in [6.07, 6.45) is 3.54. The van der Waals surface area contributed by atoms with Crippen LogP contribution in [-0.4, -0.2) is 82.2 Å². The number of thioether (sulfide) groups is 1. The summed E-state index contributed by atoms with van der Waals surface area (Å²) >= 11 is 5.77. The molecule has 2 rings (SSSR count). The van der Waals surface area contributed by atoms with E-state index < -0.39 is 47.9 Å². The van der Waals surface area contributed by atoms with Gasteiger partial charge in [0.05, 0.1) is 6.04 Å². The van der Waals surface area contributed by atoms with Gasteiger partial charge in [0.1, 0.15) is 18.1 Å². The molecule has 0 bridgehead atoms. The smallest absolute Gasteiger partial charge is 0.326 e. The Morgan fingerprint density at radius 3 is 2.52 bits per heavy atom. The van der Waals surface area contributed by atoms with Crippen molar-refractivity contribution in [3.8, 4) is 0 Å². The van der Waals surface area contributed by atoms with E-state index in [-0.39, 0.29) is 12.2 Å². The van der Waals surface area contributed by atoms with Gasteiger partial charge in [-0.05, 0) is 36.8 Å². The number of amides is 3. The standard InChI is InChI=1S/C22H32N4O5S2/c1-33-11-9-15(23)19(27)25-17(13-32)21(29)26-10-5-8-18(26)20(28)24-16(22(30)31)12-14-6-3-2-4-7-14/h2-4,6-7,15-18,32H,5,8-13,23H2,1H3,(H,24,28)(H,25,27)(H,30,31). The van der Waals surface area contributed by atoms with Crippen molar-refractivity contribution in [1.82, 2.24) is 15.5 Å².